The summed E-state index contributed by atoms with van der Waals surface area (Å²) in [4.78, 5) is 4.26. The van der Waals surface area contributed by atoms with Crippen LogP contribution in [0.2, 0.25) is 0 Å². The van der Waals surface area contributed by atoms with Crippen LogP contribution in [-0.4, -0.2) is 15.4 Å². The van der Waals surface area contributed by atoms with Crippen LogP contribution in [0.4, 0.5) is 0 Å². The van der Waals surface area contributed by atoms with Gasteiger partial charge in [0.1, 0.15) is 0 Å². The second-order valence-electron chi connectivity index (χ2n) is 4.17. The maximum absolute atomic E-state index is 5.20. The maximum atomic E-state index is 5.20. The zero-order valence-electron chi connectivity index (χ0n) is 9.00. The van der Waals surface area contributed by atoms with Crippen molar-refractivity contribution in [3.05, 3.63) is 29.6 Å². The number of aromatic nitrogens is 1. The van der Waals surface area contributed by atoms with Gasteiger partial charge in [0.05, 0.1) is 9.89 Å². The Morgan fingerprint density at radius 3 is 2.57 bits per heavy atom. The molecular formula is C11H15NS2. The highest BCUT2D eigenvalue weighted by atomic mass is 32.2. The van der Waals surface area contributed by atoms with E-state index in [0.29, 0.717) is 0 Å². The molecule has 0 radical (unpaired) electrons. The van der Waals surface area contributed by atoms with Crippen LogP contribution in [0.5, 0.6) is 0 Å². The molecule has 0 spiro atoms. The Labute approximate surface area is 95.3 Å². The first-order valence-corrected chi connectivity index (χ1v) is 6.13. The SMILES string of the molecule is CSC(=S)c1cc(C(C)(C)C)ccn1. The lowest BCUT2D eigenvalue weighted by atomic mass is 9.87. The average molecular weight is 225 g/mol. The van der Waals surface area contributed by atoms with Crippen LogP contribution < -0.4 is 0 Å². The van der Waals surface area contributed by atoms with E-state index >= 15 is 0 Å². The molecule has 0 saturated heterocycles. The van der Waals surface area contributed by atoms with Crippen molar-refractivity contribution in [3.8, 4) is 0 Å². The van der Waals surface area contributed by atoms with Crippen LogP contribution in [0.25, 0.3) is 0 Å². The number of hydrogen-bond acceptors (Lipinski definition) is 3. The smallest absolute Gasteiger partial charge is 0.0960 e. The van der Waals surface area contributed by atoms with E-state index in [-0.39, 0.29) is 5.41 Å². The summed E-state index contributed by atoms with van der Waals surface area (Å²) in [5.41, 5.74) is 2.35. The second kappa shape index (κ2) is 4.41. The molecule has 0 aliphatic rings. The molecule has 76 valence electrons. The lowest BCUT2D eigenvalue weighted by molar-refractivity contribution is 0.589. The molecule has 0 amide bonds. The Bertz CT molecular complexity index is 339. The van der Waals surface area contributed by atoms with Crippen molar-refractivity contribution in [2.75, 3.05) is 6.26 Å². The van der Waals surface area contributed by atoms with Gasteiger partial charge in [0, 0.05) is 6.20 Å². The molecule has 1 rings (SSSR count). The molecule has 1 nitrogen and oxygen atoms in total. The van der Waals surface area contributed by atoms with E-state index in [0.717, 1.165) is 9.89 Å². The zero-order chi connectivity index (χ0) is 10.8. The minimum absolute atomic E-state index is 0.158. The van der Waals surface area contributed by atoms with Crippen molar-refractivity contribution in [1.29, 1.82) is 0 Å². The lowest BCUT2D eigenvalue weighted by Gasteiger charge is -2.19. The maximum Gasteiger partial charge on any atom is 0.0960 e. The summed E-state index contributed by atoms with van der Waals surface area (Å²) in [6.07, 6.45) is 3.81. The number of hydrogen-bond donors (Lipinski definition) is 0. The van der Waals surface area contributed by atoms with Crippen molar-refractivity contribution in [3.63, 3.8) is 0 Å². The van der Waals surface area contributed by atoms with E-state index in [1.54, 1.807) is 11.8 Å². The van der Waals surface area contributed by atoms with Gasteiger partial charge in [-0.15, -0.1) is 11.8 Å². The van der Waals surface area contributed by atoms with Crippen molar-refractivity contribution in [2.24, 2.45) is 0 Å². The van der Waals surface area contributed by atoms with Crippen molar-refractivity contribution in [2.45, 2.75) is 26.2 Å². The van der Waals surface area contributed by atoms with Gasteiger partial charge in [-0.1, -0.05) is 33.0 Å². The second-order valence-corrected chi connectivity index (χ2v) is 5.65. The summed E-state index contributed by atoms with van der Waals surface area (Å²) in [5, 5.41) is 0. The van der Waals surface area contributed by atoms with E-state index in [9.17, 15) is 0 Å². The number of rotatable bonds is 1. The summed E-state index contributed by atoms with van der Waals surface area (Å²) in [5.74, 6) is 0. The van der Waals surface area contributed by atoms with Crippen LogP contribution in [0, 0.1) is 0 Å². The molecule has 0 N–H and O–H groups in total. The minimum Gasteiger partial charge on any atom is -0.255 e. The van der Waals surface area contributed by atoms with Crippen LogP contribution in [-0.2, 0) is 5.41 Å². The van der Waals surface area contributed by atoms with Crippen LogP contribution >= 0.6 is 24.0 Å². The number of thioether (sulfide) groups is 1. The number of pyridine rings is 1. The highest BCUT2D eigenvalue weighted by molar-refractivity contribution is 8.23. The first kappa shape index (κ1) is 11.7. The zero-order valence-corrected chi connectivity index (χ0v) is 10.6. The van der Waals surface area contributed by atoms with E-state index in [1.807, 2.05) is 18.5 Å². The molecule has 0 aliphatic carbocycles. The Hall–Kier alpha value is -0.410. The summed E-state index contributed by atoms with van der Waals surface area (Å²) < 4.78 is 0.858. The van der Waals surface area contributed by atoms with Gasteiger partial charge in [-0.05, 0) is 29.4 Å². The highest BCUT2D eigenvalue weighted by Gasteiger charge is 2.14. The normalized spacial score (nSPS) is 11.4. The van der Waals surface area contributed by atoms with Crippen LogP contribution in [0.3, 0.4) is 0 Å². The third-order valence-corrected chi connectivity index (χ3v) is 3.31. The van der Waals surface area contributed by atoms with Gasteiger partial charge in [0.15, 0.2) is 0 Å². The van der Waals surface area contributed by atoms with Gasteiger partial charge in [0.25, 0.3) is 0 Å². The Balaban J connectivity index is 3.08. The fraction of sp³-hybridized carbons (Fsp3) is 0.455. The summed E-state index contributed by atoms with van der Waals surface area (Å²) in [6, 6.07) is 4.13. The molecule has 1 aromatic heterocycles. The molecule has 1 aromatic rings. The van der Waals surface area contributed by atoms with Gasteiger partial charge in [0.2, 0.25) is 0 Å². The number of thiocarbonyl (C=S) groups is 1. The molecule has 3 heteroatoms. The van der Waals surface area contributed by atoms with Crippen LogP contribution in [0.15, 0.2) is 18.3 Å². The first-order valence-electron chi connectivity index (χ1n) is 4.50. The highest BCUT2D eigenvalue weighted by Crippen LogP contribution is 2.23. The van der Waals surface area contributed by atoms with E-state index in [1.165, 1.54) is 5.56 Å². The molecule has 0 saturated carbocycles. The van der Waals surface area contributed by atoms with Gasteiger partial charge >= 0.3 is 0 Å². The molecule has 0 aliphatic heterocycles. The molecule has 0 fully saturated rings. The minimum atomic E-state index is 0.158. The monoisotopic (exact) mass is 225 g/mol. The van der Waals surface area contributed by atoms with Crippen LogP contribution in [0.1, 0.15) is 32.0 Å². The molecular weight excluding hydrogens is 210 g/mol. The topological polar surface area (TPSA) is 12.9 Å². The standard InChI is InChI=1S/C11H15NS2/c1-11(2,3)8-5-6-12-9(7-8)10(13)14-4/h5-7H,1-4H3. The van der Waals surface area contributed by atoms with Crippen molar-refractivity contribution in [1.82, 2.24) is 4.98 Å². The summed E-state index contributed by atoms with van der Waals surface area (Å²) in [7, 11) is 0. The van der Waals surface area contributed by atoms with Gasteiger partial charge in [-0.25, -0.2) is 0 Å². The Kier molecular flexibility index (Phi) is 3.67. The largest absolute Gasteiger partial charge is 0.255 e. The number of nitrogens with zero attached hydrogens (tertiary/aromatic N) is 1. The Morgan fingerprint density at radius 2 is 2.07 bits per heavy atom. The predicted molar refractivity (Wildman–Crippen MR) is 68.2 cm³/mol. The molecule has 0 atom stereocenters. The fourth-order valence-corrected chi connectivity index (χ4v) is 1.55. The quantitative estimate of drug-likeness (QED) is 0.680. The summed E-state index contributed by atoms with van der Waals surface area (Å²) in [6.45, 7) is 6.57. The van der Waals surface area contributed by atoms with Crippen molar-refractivity contribution >= 4 is 28.2 Å². The average Bonchev–Trinajstić information content (AvgIpc) is 2.15. The predicted octanol–water partition coefficient (Wildman–Crippen LogP) is 3.42. The van der Waals surface area contributed by atoms with Gasteiger partial charge in [-0.2, -0.15) is 0 Å². The van der Waals surface area contributed by atoms with Crippen molar-refractivity contribution < 1.29 is 0 Å². The summed E-state index contributed by atoms with van der Waals surface area (Å²) >= 11 is 6.77. The third kappa shape index (κ3) is 2.79. The Morgan fingerprint density at radius 1 is 1.43 bits per heavy atom. The van der Waals surface area contributed by atoms with E-state index in [4.69, 9.17) is 12.2 Å². The third-order valence-electron chi connectivity index (χ3n) is 2.02. The lowest BCUT2D eigenvalue weighted by Crippen LogP contribution is -2.12. The fourth-order valence-electron chi connectivity index (χ4n) is 1.11. The molecule has 1 heterocycles. The molecule has 0 unspecified atom stereocenters. The molecule has 0 aromatic carbocycles. The van der Waals surface area contributed by atoms with E-state index < -0.39 is 0 Å². The van der Waals surface area contributed by atoms with Gasteiger partial charge < -0.3 is 0 Å². The molecule has 0 bridgehead atoms. The van der Waals surface area contributed by atoms with E-state index in [2.05, 4.69) is 31.8 Å². The first-order chi connectivity index (χ1) is 6.45. The van der Waals surface area contributed by atoms with Gasteiger partial charge in [-0.3, -0.25) is 4.98 Å². The molecule has 14 heavy (non-hydrogen) atoms.